The summed E-state index contributed by atoms with van der Waals surface area (Å²) in [6, 6.07) is 8.42. The lowest BCUT2D eigenvalue weighted by Crippen LogP contribution is -1.95. The predicted octanol–water partition coefficient (Wildman–Crippen LogP) is 2.69. The Hall–Kier alpha value is -0.820. The molecule has 0 radical (unpaired) electrons. The second-order valence-electron chi connectivity index (χ2n) is 3.51. The van der Waals surface area contributed by atoms with Gasteiger partial charge in [0.25, 0.3) is 18.1 Å². The zero-order valence-electron chi connectivity index (χ0n) is 8.67. The van der Waals surface area contributed by atoms with Gasteiger partial charge in [-0.2, -0.15) is 0 Å². The Labute approximate surface area is 113 Å². The van der Waals surface area contributed by atoms with E-state index in [1.165, 1.54) is 30.3 Å². The minimum atomic E-state index is -3.96. The van der Waals surface area contributed by atoms with Crippen molar-refractivity contribution in [3.63, 3.8) is 0 Å². The summed E-state index contributed by atoms with van der Waals surface area (Å²) in [7, 11) is 2.63. The molecule has 0 aromatic heterocycles. The van der Waals surface area contributed by atoms with Crippen molar-refractivity contribution in [2.45, 2.75) is 9.79 Å². The van der Waals surface area contributed by atoms with Crippen molar-refractivity contribution >= 4 is 50.2 Å². The van der Waals surface area contributed by atoms with Crippen LogP contribution in [0.25, 0.3) is 10.8 Å². The number of fused-ring (bicyclic) bond motifs is 1. The minimum absolute atomic E-state index is 0.149. The number of hydrogen-bond acceptors (Lipinski definition) is 4. The molecule has 0 bridgehead atoms. The van der Waals surface area contributed by atoms with Crippen LogP contribution in [0.1, 0.15) is 0 Å². The van der Waals surface area contributed by atoms with Gasteiger partial charge in [0, 0.05) is 26.8 Å². The second kappa shape index (κ2) is 4.38. The van der Waals surface area contributed by atoms with Crippen LogP contribution in [0.3, 0.4) is 0 Å². The van der Waals surface area contributed by atoms with Crippen molar-refractivity contribution in [3.05, 3.63) is 36.4 Å². The number of hydrogen-bond donors (Lipinski definition) is 0. The van der Waals surface area contributed by atoms with Crippen molar-refractivity contribution in [3.8, 4) is 0 Å². The van der Waals surface area contributed by atoms with Crippen LogP contribution in [0.2, 0.25) is 0 Å². The van der Waals surface area contributed by atoms with Crippen LogP contribution >= 0.6 is 21.4 Å². The van der Waals surface area contributed by atoms with Gasteiger partial charge in [0.05, 0.1) is 9.79 Å². The molecule has 2 rings (SSSR count). The summed E-state index contributed by atoms with van der Waals surface area (Å²) >= 11 is 0. The van der Waals surface area contributed by atoms with Gasteiger partial charge in [0.15, 0.2) is 0 Å². The number of halogens is 2. The van der Waals surface area contributed by atoms with E-state index in [9.17, 15) is 16.8 Å². The van der Waals surface area contributed by atoms with Crippen molar-refractivity contribution in [1.29, 1.82) is 0 Å². The summed E-state index contributed by atoms with van der Waals surface area (Å²) < 4.78 is 45.2. The third-order valence-electron chi connectivity index (χ3n) is 2.36. The largest absolute Gasteiger partial charge is 0.261 e. The molecule has 0 unspecified atom stereocenters. The second-order valence-corrected chi connectivity index (χ2v) is 8.62. The Kier molecular flexibility index (Phi) is 3.31. The Morgan fingerprint density at radius 3 is 2.06 bits per heavy atom. The molecule has 2 aromatic carbocycles. The van der Waals surface area contributed by atoms with Gasteiger partial charge in [-0.1, -0.05) is 18.2 Å². The SMILES string of the molecule is O=S(=O)(Cl)c1ccc2cccc(S(=O)(=O)Cl)c2c1. The van der Waals surface area contributed by atoms with Gasteiger partial charge in [-0.05, 0) is 23.6 Å². The third kappa shape index (κ3) is 2.61. The third-order valence-corrected chi connectivity index (χ3v) is 5.09. The van der Waals surface area contributed by atoms with Crippen LogP contribution in [-0.2, 0) is 18.1 Å². The average molecular weight is 325 g/mol. The molecule has 0 atom stereocenters. The molecule has 0 spiro atoms. The van der Waals surface area contributed by atoms with Crippen LogP contribution in [0.15, 0.2) is 46.2 Å². The van der Waals surface area contributed by atoms with Gasteiger partial charge in [-0.25, -0.2) is 16.8 Å². The molecule has 0 heterocycles. The first-order valence-corrected chi connectivity index (χ1v) is 9.23. The van der Waals surface area contributed by atoms with Gasteiger partial charge in [0.1, 0.15) is 0 Å². The topological polar surface area (TPSA) is 68.3 Å². The van der Waals surface area contributed by atoms with Crippen LogP contribution in [0.4, 0.5) is 0 Å². The molecule has 18 heavy (non-hydrogen) atoms. The Bertz CT molecular complexity index is 826. The fraction of sp³-hybridized carbons (Fsp3) is 0. The predicted molar refractivity (Wildman–Crippen MR) is 70.0 cm³/mol. The summed E-state index contributed by atoms with van der Waals surface area (Å²) in [4.78, 5) is -0.326. The van der Waals surface area contributed by atoms with Crippen molar-refractivity contribution < 1.29 is 16.8 Å². The molecular weight excluding hydrogens is 319 g/mol. The van der Waals surface area contributed by atoms with Crippen molar-refractivity contribution in [2.24, 2.45) is 0 Å². The van der Waals surface area contributed by atoms with Crippen LogP contribution in [0, 0.1) is 0 Å². The normalized spacial score (nSPS) is 12.8. The van der Waals surface area contributed by atoms with E-state index in [4.69, 9.17) is 21.4 Å². The first kappa shape index (κ1) is 13.6. The average Bonchev–Trinajstić information content (AvgIpc) is 2.25. The lowest BCUT2D eigenvalue weighted by molar-refractivity contribution is 0.607. The molecule has 0 aliphatic carbocycles. The molecule has 96 valence electrons. The van der Waals surface area contributed by atoms with Gasteiger partial charge in [-0.3, -0.25) is 0 Å². The fourth-order valence-corrected chi connectivity index (χ4v) is 3.45. The van der Waals surface area contributed by atoms with Crippen LogP contribution in [0.5, 0.6) is 0 Å². The highest BCUT2D eigenvalue weighted by Gasteiger charge is 2.17. The van der Waals surface area contributed by atoms with E-state index < -0.39 is 18.1 Å². The van der Waals surface area contributed by atoms with E-state index >= 15 is 0 Å². The summed E-state index contributed by atoms with van der Waals surface area (Å²) in [5.74, 6) is 0. The molecule has 2 aromatic rings. The molecule has 4 nitrogen and oxygen atoms in total. The summed E-state index contributed by atoms with van der Waals surface area (Å²) in [6.07, 6.45) is 0. The summed E-state index contributed by atoms with van der Waals surface area (Å²) in [5.41, 5.74) is 0. The first-order valence-electron chi connectivity index (χ1n) is 4.62. The Morgan fingerprint density at radius 2 is 1.50 bits per heavy atom. The summed E-state index contributed by atoms with van der Waals surface area (Å²) in [6.45, 7) is 0. The van der Waals surface area contributed by atoms with Crippen molar-refractivity contribution in [1.82, 2.24) is 0 Å². The first-order chi connectivity index (χ1) is 8.19. The molecule has 0 N–H and O–H groups in total. The van der Waals surface area contributed by atoms with Gasteiger partial charge >= 0.3 is 0 Å². The minimum Gasteiger partial charge on any atom is -0.207 e. The van der Waals surface area contributed by atoms with E-state index in [-0.39, 0.29) is 15.2 Å². The summed E-state index contributed by atoms with van der Waals surface area (Å²) in [5, 5.41) is 0.773. The van der Waals surface area contributed by atoms with E-state index in [0.717, 1.165) is 0 Å². The standard InChI is InChI=1S/C10H6Cl2O4S2/c11-17(13,14)8-5-4-7-2-1-3-10(9(7)6-8)18(12,15)16/h1-6H. The maximum Gasteiger partial charge on any atom is 0.261 e. The van der Waals surface area contributed by atoms with Crippen LogP contribution < -0.4 is 0 Å². The zero-order chi connectivity index (χ0) is 13.6. The monoisotopic (exact) mass is 324 g/mol. The molecule has 0 saturated carbocycles. The van der Waals surface area contributed by atoms with Crippen molar-refractivity contribution in [2.75, 3.05) is 0 Å². The van der Waals surface area contributed by atoms with E-state index in [1.807, 2.05) is 0 Å². The fourth-order valence-electron chi connectivity index (χ4n) is 1.59. The van der Waals surface area contributed by atoms with Gasteiger partial charge < -0.3 is 0 Å². The molecule has 0 fully saturated rings. The van der Waals surface area contributed by atoms with E-state index in [1.54, 1.807) is 6.07 Å². The maximum atomic E-state index is 11.4. The zero-order valence-corrected chi connectivity index (χ0v) is 11.8. The highest BCUT2D eigenvalue weighted by atomic mass is 35.7. The highest BCUT2D eigenvalue weighted by molar-refractivity contribution is 8.14. The van der Waals surface area contributed by atoms with Crippen LogP contribution in [-0.4, -0.2) is 16.8 Å². The molecule has 0 saturated heterocycles. The molecule has 0 aliphatic heterocycles. The molecule has 8 heteroatoms. The lowest BCUT2D eigenvalue weighted by atomic mass is 10.1. The Balaban J connectivity index is 2.91. The number of rotatable bonds is 2. The lowest BCUT2D eigenvalue weighted by Gasteiger charge is -2.04. The highest BCUT2D eigenvalue weighted by Crippen LogP contribution is 2.28. The molecular formula is C10H6Cl2O4S2. The maximum absolute atomic E-state index is 11.4. The Morgan fingerprint density at radius 1 is 0.833 bits per heavy atom. The smallest absolute Gasteiger partial charge is 0.207 e. The van der Waals surface area contributed by atoms with Gasteiger partial charge in [-0.15, -0.1) is 0 Å². The number of benzene rings is 2. The van der Waals surface area contributed by atoms with E-state index in [0.29, 0.717) is 5.39 Å². The van der Waals surface area contributed by atoms with E-state index in [2.05, 4.69) is 0 Å². The molecule has 0 aliphatic rings. The quantitative estimate of drug-likeness (QED) is 0.796. The van der Waals surface area contributed by atoms with Gasteiger partial charge in [0.2, 0.25) is 0 Å². The molecule has 0 amide bonds.